The zero-order valence-electron chi connectivity index (χ0n) is 13.3. The van der Waals surface area contributed by atoms with Crippen LogP contribution in [0.4, 0.5) is 0 Å². The van der Waals surface area contributed by atoms with Crippen molar-refractivity contribution in [2.24, 2.45) is 11.7 Å². The Balaban J connectivity index is 1.80. The summed E-state index contributed by atoms with van der Waals surface area (Å²) in [5.74, 6) is 0.891. The summed E-state index contributed by atoms with van der Waals surface area (Å²) in [6.07, 6.45) is 6.56. The number of nitrogens with two attached hydrogens (primary N) is 1. The summed E-state index contributed by atoms with van der Waals surface area (Å²) in [6.45, 7) is 5.61. The van der Waals surface area contributed by atoms with E-state index >= 15 is 0 Å². The van der Waals surface area contributed by atoms with Crippen molar-refractivity contribution < 1.29 is 0 Å². The van der Waals surface area contributed by atoms with E-state index in [9.17, 15) is 0 Å². The predicted octanol–water partition coefficient (Wildman–Crippen LogP) is 3.90. The highest BCUT2D eigenvalue weighted by molar-refractivity contribution is 5.23. The van der Waals surface area contributed by atoms with Crippen LogP contribution in [-0.2, 0) is 0 Å². The molecule has 0 aliphatic heterocycles. The fourth-order valence-corrected chi connectivity index (χ4v) is 3.31. The Morgan fingerprint density at radius 3 is 2.60 bits per heavy atom. The lowest BCUT2D eigenvalue weighted by Gasteiger charge is -2.34. The summed E-state index contributed by atoms with van der Waals surface area (Å²) in [5.41, 5.74) is 8.89. The van der Waals surface area contributed by atoms with Crippen LogP contribution < -0.4 is 5.73 Å². The van der Waals surface area contributed by atoms with E-state index in [1.807, 2.05) is 0 Å². The van der Waals surface area contributed by atoms with Crippen molar-refractivity contribution in [2.45, 2.75) is 58.0 Å². The lowest BCUT2D eigenvalue weighted by molar-refractivity contribution is 0.160. The summed E-state index contributed by atoms with van der Waals surface area (Å²) < 4.78 is 0. The second-order valence-corrected chi connectivity index (χ2v) is 6.71. The maximum Gasteiger partial charge on any atom is 0.0307 e. The van der Waals surface area contributed by atoms with Crippen molar-refractivity contribution in [3.63, 3.8) is 0 Å². The molecule has 2 heteroatoms. The summed E-state index contributed by atoms with van der Waals surface area (Å²) in [5, 5.41) is 0. The van der Waals surface area contributed by atoms with Crippen molar-refractivity contribution in [3.8, 4) is 0 Å². The molecule has 1 fully saturated rings. The molecule has 0 radical (unpaired) electrons. The highest BCUT2D eigenvalue weighted by Crippen LogP contribution is 2.27. The quantitative estimate of drug-likeness (QED) is 0.882. The highest BCUT2D eigenvalue weighted by Gasteiger charge is 2.22. The lowest BCUT2D eigenvalue weighted by Crippen LogP contribution is -2.37. The minimum atomic E-state index is 0.166. The van der Waals surface area contributed by atoms with Gasteiger partial charge in [0.25, 0.3) is 0 Å². The molecule has 1 aromatic rings. The molecule has 2 rings (SSSR count). The van der Waals surface area contributed by atoms with Gasteiger partial charge in [-0.3, -0.25) is 0 Å². The van der Waals surface area contributed by atoms with E-state index in [-0.39, 0.29) is 6.04 Å². The van der Waals surface area contributed by atoms with Gasteiger partial charge in [-0.15, -0.1) is 0 Å². The van der Waals surface area contributed by atoms with Gasteiger partial charge >= 0.3 is 0 Å². The molecule has 2 nitrogen and oxygen atoms in total. The Morgan fingerprint density at radius 2 is 1.95 bits per heavy atom. The van der Waals surface area contributed by atoms with Gasteiger partial charge < -0.3 is 10.6 Å². The summed E-state index contributed by atoms with van der Waals surface area (Å²) >= 11 is 0. The Morgan fingerprint density at radius 1 is 1.25 bits per heavy atom. The molecule has 112 valence electrons. The first-order valence-corrected chi connectivity index (χ1v) is 8.08. The van der Waals surface area contributed by atoms with Gasteiger partial charge in [-0.05, 0) is 51.3 Å². The monoisotopic (exact) mass is 274 g/mol. The first kappa shape index (κ1) is 15.5. The molecule has 20 heavy (non-hydrogen) atoms. The fourth-order valence-electron chi connectivity index (χ4n) is 3.31. The molecule has 1 aliphatic rings. The molecule has 2 N–H and O–H groups in total. The van der Waals surface area contributed by atoms with Gasteiger partial charge in [0.2, 0.25) is 0 Å². The van der Waals surface area contributed by atoms with Crippen LogP contribution in [0.15, 0.2) is 24.3 Å². The smallest absolute Gasteiger partial charge is 0.0307 e. The van der Waals surface area contributed by atoms with Crippen LogP contribution in [0.1, 0.15) is 56.2 Å². The van der Waals surface area contributed by atoms with E-state index in [1.165, 1.54) is 36.8 Å². The van der Waals surface area contributed by atoms with Gasteiger partial charge in [0, 0.05) is 12.1 Å². The van der Waals surface area contributed by atoms with Crippen molar-refractivity contribution in [2.75, 3.05) is 13.6 Å². The van der Waals surface area contributed by atoms with Crippen LogP contribution in [0.3, 0.4) is 0 Å². The molecule has 0 saturated heterocycles. The third kappa shape index (κ3) is 4.32. The second kappa shape index (κ2) is 7.24. The first-order chi connectivity index (χ1) is 9.56. The van der Waals surface area contributed by atoms with Crippen molar-refractivity contribution in [1.29, 1.82) is 0 Å². The average molecular weight is 274 g/mol. The van der Waals surface area contributed by atoms with E-state index in [0.717, 1.165) is 24.9 Å². The SMILES string of the molecule is Cc1ccc(C(N)CCN(C)C2CCCC(C)C2)cc1. The first-order valence-electron chi connectivity index (χ1n) is 8.08. The highest BCUT2D eigenvalue weighted by atomic mass is 15.1. The molecule has 1 saturated carbocycles. The molecular weight excluding hydrogens is 244 g/mol. The van der Waals surface area contributed by atoms with Gasteiger partial charge in [0.15, 0.2) is 0 Å². The molecular formula is C18H30N2. The predicted molar refractivity (Wildman–Crippen MR) is 86.8 cm³/mol. The third-order valence-corrected chi connectivity index (χ3v) is 4.83. The Labute approximate surface area is 124 Å². The number of hydrogen-bond donors (Lipinski definition) is 1. The minimum absolute atomic E-state index is 0.166. The standard InChI is InChI=1S/C18H30N2/c1-14-7-9-16(10-8-14)18(19)11-12-20(3)17-6-4-5-15(2)13-17/h7-10,15,17-18H,4-6,11-13,19H2,1-3H3. The molecule has 0 bridgehead atoms. The number of aryl methyl sites for hydroxylation is 1. The Hall–Kier alpha value is -0.860. The third-order valence-electron chi connectivity index (χ3n) is 4.83. The number of rotatable bonds is 5. The average Bonchev–Trinajstić information content (AvgIpc) is 2.45. The maximum absolute atomic E-state index is 6.32. The topological polar surface area (TPSA) is 29.3 Å². The lowest BCUT2D eigenvalue weighted by atomic mass is 9.86. The summed E-state index contributed by atoms with van der Waals surface area (Å²) in [7, 11) is 2.27. The Kier molecular flexibility index (Phi) is 5.62. The van der Waals surface area contributed by atoms with Crippen molar-refractivity contribution in [1.82, 2.24) is 4.90 Å². The molecule has 1 aromatic carbocycles. The van der Waals surface area contributed by atoms with Crippen molar-refractivity contribution >= 4 is 0 Å². The number of hydrogen-bond acceptors (Lipinski definition) is 2. The molecule has 3 atom stereocenters. The molecule has 0 amide bonds. The largest absolute Gasteiger partial charge is 0.324 e. The van der Waals surface area contributed by atoms with E-state index in [0.29, 0.717) is 0 Å². The van der Waals surface area contributed by atoms with Gasteiger partial charge in [-0.1, -0.05) is 49.6 Å². The number of benzene rings is 1. The number of nitrogens with zero attached hydrogens (tertiary/aromatic N) is 1. The molecule has 1 aliphatic carbocycles. The van der Waals surface area contributed by atoms with Crippen LogP contribution in [0.25, 0.3) is 0 Å². The van der Waals surface area contributed by atoms with Crippen LogP contribution in [0.5, 0.6) is 0 Å². The maximum atomic E-state index is 6.32. The minimum Gasteiger partial charge on any atom is -0.324 e. The zero-order valence-corrected chi connectivity index (χ0v) is 13.3. The van der Waals surface area contributed by atoms with E-state index < -0.39 is 0 Å². The van der Waals surface area contributed by atoms with Crippen LogP contribution in [-0.4, -0.2) is 24.5 Å². The summed E-state index contributed by atoms with van der Waals surface area (Å²) in [6, 6.07) is 9.58. The van der Waals surface area contributed by atoms with E-state index in [4.69, 9.17) is 5.73 Å². The fraction of sp³-hybridized carbons (Fsp3) is 0.667. The van der Waals surface area contributed by atoms with Crippen LogP contribution in [0.2, 0.25) is 0 Å². The van der Waals surface area contributed by atoms with Gasteiger partial charge in [0.1, 0.15) is 0 Å². The second-order valence-electron chi connectivity index (χ2n) is 6.71. The van der Waals surface area contributed by atoms with Gasteiger partial charge in [0.05, 0.1) is 0 Å². The molecule has 0 spiro atoms. The molecule has 3 unspecified atom stereocenters. The van der Waals surface area contributed by atoms with Crippen LogP contribution in [0, 0.1) is 12.8 Å². The van der Waals surface area contributed by atoms with Crippen molar-refractivity contribution in [3.05, 3.63) is 35.4 Å². The molecule has 0 heterocycles. The zero-order chi connectivity index (χ0) is 14.5. The molecule has 0 aromatic heterocycles. The van der Waals surface area contributed by atoms with Crippen LogP contribution >= 0.6 is 0 Å². The Bertz CT molecular complexity index is 398. The van der Waals surface area contributed by atoms with Gasteiger partial charge in [-0.25, -0.2) is 0 Å². The summed E-state index contributed by atoms with van der Waals surface area (Å²) in [4.78, 5) is 2.53. The normalized spacial score (nSPS) is 24.9. The van der Waals surface area contributed by atoms with Gasteiger partial charge in [-0.2, -0.15) is 0 Å². The van der Waals surface area contributed by atoms with E-state index in [1.54, 1.807) is 0 Å². The van der Waals surface area contributed by atoms with E-state index in [2.05, 4.69) is 50.1 Å².